The van der Waals surface area contributed by atoms with Gasteiger partial charge in [0.05, 0.1) is 0 Å². The molecule has 19 heavy (non-hydrogen) atoms. The van der Waals surface area contributed by atoms with Gasteiger partial charge < -0.3 is 14.8 Å². The molecule has 1 atom stereocenters. The lowest BCUT2D eigenvalue weighted by Gasteiger charge is -2.30. The van der Waals surface area contributed by atoms with E-state index >= 15 is 0 Å². The molecule has 0 amide bonds. The topological polar surface area (TPSA) is 47.6 Å². The molecule has 1 unspecified atom stereocenters. The maximum absolute atomic E-state index is 11.4. The van der Waals surface area contributed by atoms with Crippen molar-refractivity contribution in [2.45, 2.75) is 31.7 Å². The molecule has 1 aliphatic heterocycles. The molecule has 3 rings (SSSR count). The molecule has 4 nitrogen and oxygen atoms in total. The van der Waals surface area contributed by atoms with E-state index in [0.29, 0.717) is 31.3 Å². The fourth-order valence-electron chi connectivity index (χ4n) is 3.08. The van der Waals surface area contributed by atoms with Crippen LogP contribution in [0.5, 0.6) is 11.5 Å². The molecule has 1 aromatic rings. The Kier molecular flexibility index (Phi) is 3.42. The van der Waals surface area contributed by atoms with Crippen LogP contribution in [-0.2, 0) is 4.79 Å². The van der Waals surface area contributed by atoms with Gasteiger partial charge in [0.15, 0.2) is 11.5 Å². The number of hydrogen-bond acceptors (Lipinski definition) is 4. The molecular formula is C15H19NO3. The minimum Gasteiger partial charge on any atom is -0.454 e. The second kappa shape index (κ2) is 5.21. The summed E-state index contributed by atoms with van der Waals surface area (Å²) in [5, 5.41) is 3.39. The predicted molar refractivity (Wildman–Crippen MR) is 71.3 cm³/mol. The van der Waals surface area contributed by atoms with Crippen LogP contribution in [0.2, 0.25) is 0 Å². The molecule has 4 heteroatoms. The van der Waals surface area contributed by atoms with Crippen molar-refractivity contribution in [1.29, 1.82) is 0 Å². The summed E-state index contributed by atoms with van der Waals surface area (Å²) in [5.41, 5.74) is 1.21. The lowest BCUT2D eigenvalue weighted by atomic mass is 9.80. The molecule has 0 spiro atoms. The van der Waals surface area contributed by atoms with E-state index in [2.05, 4.69) is 17.4 Å². The average Bonchev–Trinajstić information content (AvgIpc) is 2.89. The molecule has 0 radical (unpaired) electrons. The third kappa shape index (κ3) is 2.45. The highest BCUT2D eigenvalue weighted by Gasteiger charge is 2.27. The third-order valence-electron chi connectivity index (χ3n) is 4.13. The van der Waals surface area contributed by atoms with Crippen LogP contribution >= 0.6 is 0 Å². The van der Waals surface area contributed by atoms with Crippen molar-refractivity contribution in [3.05, 3.63) is 23.8 Å². The van der Waals surface area contributed by atoms with Crippen molar-refractivity contribution in [3.63, 3.8) is 0 Å². The van der Waals surface area contributed by atoms with Crippen molar-refractivity contribution in [2.75, 3.05) is 13.8 Å². The van der Waals surface area contributed by atoms with E-state index in [1.54, 1.807) is 0 Å². The SMILES string of the molecule is CNC(c1ccc2c(c1)OCO2)C1CCC(=O)CC1. The summed E-state index contributed by atoms with van der Waals surface area (Å²) in [6.45, 7) is 0.306. The van der Waals surface area contributed by atoms with Crippen LogP contribution in [0.4, 0.5) is 0 Å². The maximum atomic E-state index is 11.4. The molecule has 0 aromatic heterocycles. The highest BCUT2D eigenvalue weighted by atomic mass is 16.7. The van der Waals surface area contributed by atoms with Gasteiger partial charge in [-0.05, 0) is 43.5 Å². The Bertz CT molecular complexity index is 476. The molecule has 1 aliphatic carbocycles. The van der Waals surface area contributed by atoms with Crippen LogP contribution in [0.1, 0.15) is 37.3 Å². The van der Waals surface area contributed by atoms with Crippen molar-refractivity contribution in [3.8, 4) is 11.5 Å². The van der Waals surface area contributed by atoms with Gasteiger partial charge in [0.2, 0.25) is 6.79 Å². The smallest absolute Gasteiger partial charge is 0.231 e. The molecule has 1 heterocycles. The van der Waals surface area contributed by atoms with Gasteiger partial charge in [-0.25, -0.2) is 0 Å². The molecule has 2 aliphatic rings. The van der Waals surface area contributed by atoms with Crippen molar-refractivity contribution in [1.82, 2.24) is 5.32 Å². The zero-order chi connectivity index (χ0) is 13.2. The maximum Gasteiger partial charge on any atom is 0.231 e. The van der Waals surface area contributed by atoms with Crippen molar-refractivity contribution >= 4 is 5.78 Å². The lowest BCUT2D eigenvalue weighted by molar-refractivity contribution is -0.121. The molecule has 1 N–H and O–H groups in total. The van der Waals surface area contributed by atoms with E-state index in [1.807, 2.05) is 13.1 Å². The number of fused-ring (bicyclic) bond motifs is 1. The van der Waals surface area contributed by atoms with Gasteiger partial charge >= 0.3 is 0 Å². The zero-order valence-corrected chi connectivity index (χ0v) is 11.1. The van der Waals surface area contributed by atoms with E-state index < -0.39 is 0 Å². The first kappa shape index (κ1) is 12.5. The highest BCUT2D eigenvalue weighted by molar-refractivity contribution is 5.79. The molecule has 0 bridgehead atoms. The second-order valence-electron chi connectivity index (χ2n) is 5.26. The number of carbonyl (C=O) groups excluding carboxylic acids is 1. The Hall–Kier alpha value is -1.55. The van der Waals surface area contributed by atoms with Crippen molar-refractivity contribution < 1.29 is 14.3 Å². The van der Waals surface area contributed by atoms with Crippen LogP contribution < -0.4 is 14.8 Å². The number of ketones is 1. The number of nitrogens with one attached hydrogen (secondary N) is 1. The van der Waals surface area contributed by atoms with Crippen LogP contribution in [0.3, 0.4) is 0 Å². The Morgan fingerprint density at radius 3 is 2.68 bits per heavy atom. The van der Waals surface area contributed by atoms with Gasteiger partial charge in [-0.1, -0.05) is 6.07 Å². The van der Waals surface area contributed by atoms with Gasteiger partial charge in [-0.2, -0.15) is 0 Å². The standard InChI is InChI=1S/C15H19NO3/c1-16-15(10-2-5-12(17)6-3-10)11-4-7-13-14(8-11)19-9-18-13/h4,7-8,10,15-16H,2-3,5-6,9H2,1H3. The van der Waals surface area contributed by atoms with Gasteiger partial charge in [0, 0.05) is 18.9 Å². The summed E-state index contributed by atoms with van der Waals surface area (Å²) in [6.07, 6.45) is 3.37. The third-order valence-corrected chi connectivity index (χ3v) is 4.13. The highest BCUT2D eigenvalue weighted by Crippen LogP contribution is 2.38. The Labute approximate surface area is 113 Å². The van der Waals surface area contributed by atoms with E-state index in [9.17, 15) is 4.79 Å². The number of benzene rings is 1. The largest absolute Gasteiger partial charge is 0.454 e. The Morgan fingerprint density at radius 2 is 1.95 bits per heavy atom. The van der Waals surface area contributed by atoms with Gasteiger partial charge in [0.1, 0.15) is 5.78 Å². The summed E-state index contributed by atoms with van der Waals surface area (Å²) in [7, 11) is 1.98. The molecule has 1 saturated carbocycles. The van der Waals surface area contributed by atoms with E-state index in [0.717, 1.165) is 24.3 Å². The molecule has 102 valence electrons. The molecule has 1 fully saturated rings. The number of ether oxygens (including phenoxy) is 2. The Balaban J connectivity index is 1.80. The average molecular weight is 261 g/mol. The number of Topliss-reactive ketones (excluding diaryl/α,β-unsaturated/α-hetero) is 1. The fraction of sp³-hybridized carbons (Fsp3) is 0.533. The van der Waals surface area contributed by atoms with E-state index in [4.69, 9.17) is 9.47 Å². The first-order chi connectivity index (χ1) is 9.28. The predicted octanol–water partition coefficient (Wildman–Crippen LogP) is 2.44. The normalized spacial score (nSPS) is 20.6. The zero-order valence-electron chi connectivity index (χ0n) is 11.1. The first-order valence-corrected chi connectivity index (χ1v) is 6.86. The molecule has 0 saturated heterocycles. The summed E-state index contributed by atoms with van der Waals surface area (Å²) in [6, 6.07) is 6.39. The molecular weight excluding hydrogens is 242 g/mol. The first-order valence-electron chi connectivity index (χ1n) is 6.86. The van der Waals surface area contributed by atoms with Crippen LogP contribution in [-0.4, -0.2) is 19.6 Å². The monoisotopic (exact) mass is 261 g/mol. The van der Waals surface area contributed by atoms with Crippen LogP contribution in [0.25, 0.3) is 0 Å². The quantitative estimate of drug-likeness (QED) is 0.908. The van der Waals surface area contributed by atoms with Crippen LogP contribution in [0, 0.1) is 5.92 Å². The summed E-state index contributed by atoms with van der Waals surface area (Å²) >= 11 is 0. The Morgan fingerprint density at radius 1 is 1.21 bits per heavy atom. The van der Waals surface area contributed by atoms with Crippen LogP contribution in [0.15, 0.2) is 18.2 Å². The van der Waals surface area contributed by atoms with Gasteiger partial charge in [0.25, 0.3) is 0 Å². The summed E-state index contributed by atoms with van der Waals surface area (Å²) < 4.78 is 10.8. The molecule has 1 aromatic carbocycles. The minimum atomic E-state index is 0.280. The number of rotatable bonds is 3. The summed E-state index contributed by atoms with van der Waals surface area (Å²) in [5.74, 6) is 2.56. The fourth-order valence-corrected chi connectivity index (χ4v) is 3.08. The minimum absolute atomic E-state index is 0.280. The number of hydrogen-bond donors (Lipinski definition) is 1. The lowest BCUT2D eigenvalue weighted by Crippen LogP contribution is -2.28. The van der Waals surface area contributed by atoms with Crippen molar-refractivity contribution in [2.24, 2.45) is 5.92 Å². The summed E-state index contributed by atoms with van der Waals surface area (Å²) in [4.78, 5) is 11.4. The van der Waals surface area contributed by atoms with Gasteiger partial charge in [-0.15, -0.1) is 0 Å². The van der Waals surface area contributed by atoms with E-state index in [1.165, 1.54) is 5.56 Å². The van der Waals surface area contributed by atoms with E-state index in [-0.39, 0.29) is 6.04 Å². The second-order valence-corrected chi connectivity index (χ2v) is 5.26. The number of carbonyl (C=O) groups is 1. The van der Waals surface area contributed by atoms with Gasteiger partial charge in [-0.3, -0.25) is 4.79 Å².